The average Bonchev–Trinajstić information content (AvgIpc) is 2.53. The number of carboxylic acid groups (broad SMARTS) is 1. The number of nitrogens with one attached hydrogen (secondary N) is 1. The quantitative estimate of drug-likeness (QED) is 0.764. The number of hydrogen-bond donors (Lipinski definition) is 2. The van der Waals surface area contributed by atoms with E-state index >= 15 is 0 Å². The number of fused-ring (bicyclic) bond motifs is 2. The van der Waals surface area contributed by atoms with Gasteiger partial charge in [0.25, 0.3) is 0 Å². The van der Waals surface area contributed by atoms with Crippen LogP contribution in [0.2, 0.25) is 0 Å². The molecule has 0 saturated carbocycles. The van der Waals surface area contributed by atoms with E-state index in [1.165, 1.54) is 12.8 Å². The second-order valence-corrected chi connectivity index (χ2v) is 5.56. The molecule has 2 aliphatic heterocycles. The van der Waals surface area contributed by atoms with Gasteiger partial charge < -0.3 is 15.3 Å². The molecule has 0 amide bonds. The molecular weight excluding hydrogens is 216 g/mol. The van der Waals surface area contributed by atoms with Gasteiger partial charge in [0, 0.05) is 18.1 Å². The minimum atomic E-state index is -0.696. The van der Waals surface area contributed by atoms with Crippen molar-refractivity contribution in [3.8, 4) is 0 Å². The molecule has 2 heterocycles. The summed E-state index contributed by atoms with van der Waals surface area (Å²) in [4.78, 5) is 13.6. The van der Waals surface area contributed by atoms with Gasteiger partial charge in [0.2, 0.25) is 0 Å². The third kappa shape index (κ3) is 2.80. The van der Waals surface area contributed by atoms with E-state index in [2.05, 4.69) is 17.3 Å². The highest BCUT2D eigenvalue weighted by Gasteiger charge is 2.39. The molecule has 2 rings (SSSR count). The zero-order chi connectivity index (χ0) is 12.4. The Morgan fingerprint density at radius 2 is 2.00 bits per heavy atom. The molecular formula is C13H24N2O2. The van der Waals surface area contributed by atoms with Crippen molar-refractivity contribution in [1.82, 2.24) is 10.2 Å². The number of hydrogen-bond acceptors (Lipinski definition) is 3. The molecule has 98 valence electrons. The maximum Gasteiger partial charge on any atom is 0.320 e. The SMILES string of the molecule is CCCC(NC1CC2CCC(C1)N2C)C(=O)O. The first kappa shape index (κ1) is 12.8. The van der Waals surface area contributed by atoms with Crippen LogP contribution in [-0.4, -0.2) is 47.2 Å². The summed E-state index contributed by atoms with van der Waals surface area (Å²) >= 11 is 0. The lowest BCUT2D eigenvalue weighted by Gasteiger charge is -2.37. The Morgan fingerprint density at radius 3 is 2.47 bits per heavy atom. The Hall–Kier alpha value is -0.610. The molecule has 3 unspecified atom stereocenters. The highest BCUT2D eigenvalue weighted by atomic mass is 16.4. The summed E-state index contributed by atoms with van der Waals surface area (Å²) in [6, 6.07) is 1.38. The monoisotopic (exact) mass is 240 g/mol. The minimum Gasteiger partial charge on any atom is -0.480 e. The third-order valence-electron chi connectivity index (χ3n) is 4.41. The van der Waals surface area contributed by atoms with Gasteiger partial charge in [-0.1, -0.05) is 13.3 Å². The van der Waals surface area contributed by atoms with Crippen molar-refractivity contribution in [3.05, 3.63) is 0 Å². The van der Waals surface area contributed by atoms with Gasteiger partial charge in [0.15, 0.2) is 0 Å². The molecule has 2 N–H and O–H groups in total. The van der Waals surface area contributed by atoms with Crippen molar-refractivity contribution < 1.29 is 9.90 Å². The standard InChI is InChI=1S/C13H24N2O2/c1-3-4-12(13(16)17)14-9-7-10-5-6-11(8-9)15(10)2/h9-12,14H,3-8H2,1-2H3,(H,16,17). The zero-order valence-corrected chi connectivity index (χ0v) is 10.9. The van der Waals surface area contributed by atoms with E-state index in [9.17, 15) is 4.79 Å². The average molecular weight is 240 g/mol. The number of carboxylic acids is 1. The molecule has 0 aromatic heterocycles. The Kier molecular flexibility index (Phi) is 4.05. The van der Waals surface area contributed by atoms with Crippen LogP contribution < -0.4 is 5.32 Å². The molecule has 4 nitrogen and oxygen atoms in total. The first-order valence-corrected chi connectivity index (χ1v) is 6.82. The van der Waals surface area contributed by atoms with Gasteiger partial charge >= 0.3 is 5.97 Å². The number of rotatable bonds is 5. The van der Waals surface area contributed by atoms with Crippen molar-refractivity contribution in [2.24, 2.45) is 0 Å². The highest BCUT2D eigenvalue weighted by Crippen LogP contribution is 2.34. The summed E-state index contributed by atoms with van der Waals surface area (Å²) in [5.74, 6) is -0.696. The number of carbonyl (C=O) groups is 1. The zero-order valence-electron chi connectivity index (χ0n) is 10.9. The van der Waals surface area contributed by atoms with Gasteiger partial charge in [-0.2, -0.15) is 0 Å². The van der Waals surface area contributed by atoms with Crippen LogP contribution in [0.15, 0.2) is 0 Å². The minimum absolute atomic E-state index is 0.354. The van der Waals surface area contributed by atoms with Gasteiger partial charge in [0.1, 0.15) is 6.04 Å². The topological polar surface area (TPSA) is 52.6 Å². The highest BCUT2D eigenvalue weighted by molar-refractivity contribution is 5.73. The van der Waals surface area contributed by atoms with Crippen LogP contribution in [0.1, 0.15) is 45.4 Å². The lowest BCUT2D eigenvalue weighted by atomic mass is 9.96. The van der Waals surface area contributed by atoms with E-state index in [1.54, 1.807) is 0 Å². The Morgan fingerprint density at radius 1 is 1.41 bits per heavy atom. The van der Waals surface area contributed by atoms with Crippen LogP contribution in [0.3, 0.4) is 0 Å². The van der Waals surface area contributed by atoms with Crippen LogP contribution in [0.4, 0.5) is 0 Å². The second kappa shape index (κ2) is 5.36. The van der Waals surface area contributed by atoms with Crippen molar-refractivity contribution >= 4 is 5.97 Å². The fraction of sp³-hybridized carbons (Fsp3) is 0.923. The summed E-state index contributed by atoms with van der Waals surface area (Å²) in [5, 5.41) is 12.5. The largest absolute Gasteiger partial charge is 0.480 e. The molecule has 4 heteroatoms. The van der Waals surface area contributed by atoms with E-state index in [0.717, 1.165) is 25.7 Å². The van der Waals surface area contributed by atoms with Crippen molar-refractivity contribution in [1.29, 1.82) is 0 Å². The molecule has 2 saturated heterocycles. The van der Waals surface area contributed by atoms with Crippen molar-refractivity contribution in [3.63, 3.8) is 0 Å². The number of nitrogens with zero attached hydrogens (tertiary/aromatic N) is 1. The molecule has 0 aromatic carbocycles. The van der Waals surface area contributed by atoms with Crippen LogP contribution in [-0.2, 0) is 4.79 Å². The van der Waals surface area contributed by atoms with E-state index in [-0.39, 0.29) is 6.04 Å². The molecule has 17 heavy (non-hydrogen) atoms. The lowest BCUT2D eigenvalue weighted by molar-refractivity contribution is -0.140. The van der Waals surface area contributed by atoms with Gasteiger partial charge in [0.05, 0.1) is 0 Å². The Labute approximate surface area is 103 Å². The molecule has 0 aromatic rings. The summed E-state index contributed by atoms with van der Waals surface area (Å²) in [5.41, 5.74) is 0. The van der Waals surface area contributed by atoms with Gasteiger partial charge in [-0.25, -0.2) is 0 Å². The van der Waals surface area contributed by atoms with Gasteiger partial charge in [-0.05, 0) is 39.2 Å². The molecule has 0 spiro atoms. The predicted molar refractivity (Wildman–Crippen MR) is 67.1 cm³/mol. The van der Waals surface area contributed by atoms with E-state index in [0.29, 0.717) is 18.1 Å². The Balaban J connectivity index is 1.89. The summed E-state index contributed by atoms with van der Waals surface area (Å²) in [7, 11) is 2.21. The normalized spacial score (nSPS) is 34.8. The predicted octanol–water partition coefficient (Wildman–Crippen LogP) is 1.45. The molecule has 2 aliphatic rings. The fourth-order valence-electron chi connectivity index (χ4n) is 3.40. The fourth-order valence-corrected chi connectivity index (χ4v) is 3.40. The smallest absolute Gasteiger partial charge is 0.320 e. The first-order valence-electron chi connectivity index (χ1n) is 6.82. The van der Waals surface area contributed by atoms with E-state index < -0.39 is 5.97 Å². The third-order valence-corrected chi connectivity index (χ3v) is 4.41. The van der Waals surface area contributed by atoms with Crippen LogP contribution in [0.5, 0.6) is 0 Å². The van der Waals surface area contributed by atoms with Crippen molar-refractivity contribution in [2.75, 3.05) is 7.05 Å². The molecule has 2 bridgehead atoms. The Bertz CT molecular complexity index is 269. The maximum atomic E-state index is 11.1. The maximum absolute atomic E-state index is 11.1. The van der Waals surface area contributed by atoms with Crippen molar-refractivity contribution in [2.45, 2.75) is 69.6 Å². The lowest BCUT2D eigenvalue weighted by Crippen LogP contribution is -2.51. The molecule has 0 radical (unpaired) electrons. The molecule has 3 atom stereocenters. The number of piperidine rings is 1. The summed E-state index contributed by atoms with van der Waals surface area (Å²) in [6.45, 7) is 2.04. The summed E-state index contributed by atoms with van der Waals surface area (Å²) < 4.78 is 0. The first-order chi connectivity index (χ1) is 8.11. The number of aliphatic carboxylic acids is 1. The van der Waals surface area contributed by atoms with Gasteiger partial charge in [-0.15, -0.1) is 0 Å². The van der Waals surface area contributed by atoms with Crippen LogP contribution in [0, 0.1) is 0 Å². The van der Waals surface area contributed by atoms with Crippen LogP contribution >= 0.6 is 0 Å². The molecule has 0 aliphatic carbocycles. The molecule has 2 fully saturated rings. The van der Waals surface area contributed by atoms with E-state index in [4.69, 9.17) is 5.11 Å². The summed E-state index contributed by atoms with van der Waals surface area (Å²) in [6.07, 6.45) is 6.44. The van der Waals surface area contributed by atoms with E-state index in [1.807, 2.05) is 6.92 Å². The van der Waals surface area contributed by atoms with Crippen LogP contribution in [0.25, 0.3) is 0 Å². The second-order valence-electron chi connectivity index (χ2n) is 5.56. The van der Waals surface area contributed by atoms with Gasteiger partial charge in [-0.3, -0.25) is 4.79 Å².